The molecule has 140 valence electrons. The van der Waals surface area contributed by atoms with Gasteiger partial charge in [0.2, 0.25) is 0 Å². The van der Waals surface area contributed by atoms with E-state index in [0.29, 0.717) is 30.4 Å². The number of rotatable bonds is 4. The van der Waals surface area contributed by atoms with E-state index in [1.54, 1.807) is 6.07 Å². The van der Waals surface area contributed by atoms with Gasteiger partial charge >= 0.3 is 7.12 Å². The van der Waals surface area contributed by atoms with E-state index in [0.717, 1.165) is 41.8 Å². The molecule has 7 heteroatoms. The van der Waals surface area contributed by atoms with Crippen LogP contribution in [0.1, 0.15) is 21.5 Å². The third kappa shape index (κ3) is 4.04. The smallest absolute Gasteiger partial charge is 0.423 e. The number of ether oxygens (including phenoxy) is 1. The number of halogens is 1. The van der Waals surface area contributed by atoms with Gasteiger partial charge in [-0.1, -0.05) is 29.8 Å². The molecule has 1 N–H and O–H groups in total. The molecule has 2 aliphatic heterocycles. The molecular weight excluding hydrogens is 364 g/mol. The van der Waals surface area contributed by atoms with Gasteiger partial charge in [-0.3, -0.25) is 4.79 Å². The number of benzene rings is 2. The van der Waals surface area contributed by atoms with Crippen LogP contribution < -0.4 is 10.4 Å². The van der Waals surface area contributed by atoms with Crippen molar-refractivity contribution in [3.63, 3.8) is 0 Å². The second-order valence-corrected chi connectivity index (χ2v) is 7.28. The van der Waals surface area contributed by atoms with Crippen LogP contribution in [-0.2, 0) is 22.2 Å². The maximum absolute atomic E-state index is 12.8. The zero-order valence-corrected chi connectivity index (χ0v) is 15.7. The van der Waals surface area contributed by atoms with Gasteiger partial charge in [0.05, 0.1) is 18.2 Å². The Bertz CT molecular complexity index is 854. The minimum atomic E-state index is -0.916. The first kappa shape index (κ1) is 18.5. The van der Waals surface area contributed by atoms with E-state index >= 15 is 0 Å². The summed E-state index contributed by atoms with van der Waals surface area (Å²) < 4.78 is 10.6. The molecule has 0 saturated carbocycles. The average molecular weight is 386 g/mol. The third-order valence-corrected chi connectivity index (χ3v) is 5.43. The summed E-state index contributed by atoms with van der Waals surface area (Å²) in [6.07, 6.45) is 1.01. The van der Waals surface area contributed by atoms with Crippen molar-refractivity contribution >= 4 is 35.7 Å². The highest BCUT2D eigenvalue weighted by Crippen LogP contribution is 2.25. The molecule has 2 aliphatic rings. The van der Waals surface area contributed by atoms with Gasteiger partial charge in [-0.15, -0.1) is 0 Å². The Kier molecular flexibility index (Phi) is 5.50. The lowest BCUT2D eigenvalue weighted by atomic mass is 9.73. The summed E-state index contributed by atoms with van der Waals surface area (Å²) in [5, 5.41) is 10.5. The Labute approximate surface area is 164 Å². The zero-order valence-electron chi connectivity index (χ0n) is 15.0. The standard InChI is InChI=1S/C20H21BClNO4/c22-19-13-16(23-6-9-26-10-7-23)3-4-17(19)20(24)12-14-1-2-15-5-8-27-21(25)18(15)11-14/h1-4,11,13,25H,5-10,12H2. The molecule has 0 radical (unpaired) electrons. The normalized spacial score (nSPS) is 17.0. The van der Waals surface area contributed by atoms with Crippen LogP contribution >= 0.6 is 11.6 Å². The molecule has 1 saturated heterocycles. The zero-order chi connectivity index (χ0) is 18.8. The van der Waals surface area contributed by atoms with Crippen LogP contribution in [0.2, 0.25) is 5.02 Å². The molecule has 0 aromatic heterocycles. The molecule has 27 heavy (non-hydrogen) atoms. The van der Waals surface area contributed by atoms with Crippen LogP contribution in [0.25, 0.3) is 0 Å². The summed E-state index contributed by atoms with van der Waals surface area (Å²) in [6, 6.07) is 11.3. The van der Waals surface area contributed by atoms with Gasteiger partial charge < -0.3 is 19.3 Å². The number of fused-ring (bicyclic) bond motifs is 1. The Morgan fingerprint density at radius 3 is 2.74 bits per heavy atom. The quantitative estimate of drug-likeness (QED) is 0.643. The number of ketones is 1. The van der Waals surface area contributed by atoms with Gasteiger partial charge in [-0.25, -0.2) is 0 Å². The van der Waals surface area contributed by atoms with Gasteiger partial charge in [0.25, 0.3) is 0 Å². The minimum Gasteiger partial charge on any atom is -0.423 e. The van der Waals surface area contributed by atoms with Gasteiger partial charge in [0.15, 0.2) is 5.78 Å². The maximum atomic E-state index is 12.8. The van der Waals surface area contributed by atoms with E-state index in [2.05, 4.69) is 4.90 Å². The number of hydrogen-bond acceptors (Lipinski definition) is 5. The van der Waals surface area contributed by atoms with E-state index < -0.39 is 7.12 Å². The summed E-state index contributed by atoms with van der Waals surface area (Å²) >= 11 is 6.41. The Morgan fingerprint density at radius 2 is 1.96 bits per heavy atom. The summed E-state index contributed by atoms with van der Waals surface area (Å²) in [6.45, 7) is 3.56. The lowest BCUT2D eigenvalue weighted by molar-refractivity contribution is 0.0993. The van der Waals surface area contributed by atoms with Crippen molar-refractivity contribution in [2.45, 2.75) is 12.8 Å². The van der Waals surface area contributed by atoms with Gasteiger partial charge in [-0.05, 0) is 41.2 Å². The monoisotopic (exact) mass is 385 g/mol. The molecule has 5 nitrogen and oxygen atoms in total. The fourth-order valence-electron chi connectivity index (χ4n) is 3.61. The van der Waals surface area contributed by atoms with Crippen molar-refractivity contribution in [3.05, 3.63) is 58.1 Å². The van der Waals surface area contributed by atoms with E-state index in [1.165, 1.54) is 0 Å². The first-order valence-electron chi connectivity index (χ1n) is 9.18. The first-order chi connectivity index (χ1) is 13.1. The van der Waals surface area contributed by atoms with Crippen LogP contribution in [0, 0.1) is 0 Å². The topological polar surface area (TPSA) is 59.0 Å². The highest BCUT2D eigenvalue weighted by Gasteiger charge is 2.25. The Hall–Kier alpha value is -1.86. The van der Waals surface area contributed by atoms with E-state index in [-0.39, 0.29) is 12.2 Å². The third-order valence-electron chi connectivity index (χ3n) is 5.12. The van der Waals surface area contributed by atoms with Crippen molar-refractivity contribution in [1.82, 2.24) is 0 Å². The summed E-state index contributed by atoms with van der Waals surface area (Å²) in [5.41, 5.74) is 4.19. The summed E-state index contributed by atoms with van der Waals surface area (Å²) in [4.78, 5) is 15.0. The molecule has 2 aromatic rings. The van der Waals surface area contributed by atoms with Crippen LogP contribution in [-0.4, -0.2) is 50.8 Å². The van der Waals surface area contributed by atoms with Crippen LogP contribution in [0.5, 0.6) is 0 Å². The van der Waals surface area contributed by atoms with Crippen LogP contribution in [0.3, 0.4) is 0 Å². The highest BCUT2D eigenvalue weighted by molar-refractivity contribution is 6.60. The molecule has 0 aliphatic carbocycles. The lowest BCUT2D eigenvalue weighted by Gasteiger charge is -2.29. The first-order valence-corrected chi connectivity index (χ1v) is 9.56. The van der Waals surface area contributed by atoms with Gasteiger partial charge in [0.1, 0.15) is 0 Å². The fraction of sp³-hybridized carbons (Fsp3) is 0.350. The largest absolute Gasteiger partial charge is 0.491 e. The van der Waals surface area contributed by atoms with Crippen molar-refractivity contribution in [3.8, 4) is 0 Å². The number of anilines is 1. The van der Waals surface area contributed by atoms with Crippen LogP contribution in [0.4, 0.5) is 5.69 Å². The molecule has 0 amide bonds. The van der Waals surface area contributed by atoms with Gasteiger partial charge in [-0.2, -0.15) is 0 Å². The van der Waals surface area contributed by atoms with Gasteiger partial charge in [0, 0.05) is 37.4 Å². The predicted octanol–water partition coefficient (Wildman–Crippen LogP) is 1.86. The van der Waals surface area contributed by atoms with Crippen molar-refractivity contribution in [2.75, 3.05) is 37.8 Å². The lowest BCUT2D eigenvalue weighted by Crippen LogP contribution is -2.41. The summed E-state index contributed by atoms with van der Waals surface area (Å²) in [7, 11) is -0.916. The minimum absolute atomic E-state index is 0.0419. The molecule has 0 unspecified atom stereocenters. The second-order valence-electron chi connectivity index (χ2n) is 6.87. The number of Topliss-reactive ketones (excluding diaryl/α,β-unsaturated/α-hetero) is 1. The number of carbonyl (C=O) groups is 1. The summed E-state index contributed by atoms with van der Waals surface area (Å²) in [5.74, 6) is -0.0419. The predicted molar refractivity (Wildman–Crippen MR) is 106 cm³/mol. The van der Waals surface area contributed by atoms with E-state index in [4.69, 9.17) is 21.0 Å². The number of nitrogens with zero attached hydrogens (tertiary/aromatic N) is 1. The number of carbonyl (C=O) groups excluding carboxylic acids is 1. The molecule has 0 atom stereocenters. The van der Waals surface area contributed by atoms with E-state index in [1.807, 2.05) is 30.3 Å². The highest BCUT2D eigenvalue weighted by atomic mass is 35.5. The maximum Gasteiger partial charge on any atom is 0.491 e. The Balaban J connectivity index is 1.50. The SMILES string of the molecule is O=C(Cc1ccc2c(c1)B(O)OCC2)c1ccc(N2CCOCC2)cc1Cl. The average Bonchev–Trinajstić information content (AvgIpc) is 2.69. The number of morpholine rings is 1. The van der Waals surface area contributed by atoms with Crippen molar-refractivity contribution in [1.29, 1.82) is 0 Å². The fourth-order valence-corrected chi connectivity index (χ4v) is 3.89. The molecule has 1 fully saturated rings. The van der Waals surface area contributed by atoms with Crippen LogP contribution in [0.15, 0.2) is 36.4 Å². The number of hydrogen-bond donors (Lipinski definition) is 1. The molecular formula is C20H21BClNO4. The van der Waals surface area contributed by atoms with Crippen molar-refractivity contribution in [2.24, 2.45) is 0 Å². The van der Waals surface area contributed by atoms with E-state index in [9.17, 15) is 9.82 Å². The molecule has 2 aromatic carbocycles. The molecule has 0 spiro atoms. The van der Waals surface area contributed by atoms with Crippen molar-refractivity contribution < 1.29 is 19.2 Å². The molecule has 2 heterocycles. The molecule has 0 bridgehead atoms. The second kappa shape index (κ2) is 8.03. The molecule has 4 rings (SSSR count). The Morgan fingerprint density at radius 1 is 1.15 bits per heavy atom.